The van der Waals surface area contributed by atoms with Crippen LogP contribution in [0.25, 0.3) is 16.6 Å². The number of hydrogen-bond acceptors (Lipinski definition) is 6. The predicted molar refractivity (Wildman–Crippen MR) is 110 cm³/mol. The molecule has 1 aromatic carbocycles. The summed E-state index contributed by atoms with van der Waals surface area (Å²) in [7, 11) is 1.29. The van der Waals surface area contributed by atoms with E-state index in [4.69, 9.17) is 4.74 Å². The number of nitriles is 1. The monoisotopic (exact) mass is 408 g/mol. The molecule has 3 rings (SSSR count). The Labute approximate surface area is 174 Å². The van der Waals surface area contributed by atoms with Gasteiger partial charge in [-0.1, -0.05) is 13.8 Å². The average molecular weight is 408 g/mol. The summed E-state index contributed by atoms with van der Waals surface area (Å²) in [4.78, 5) is 24.5. The second-order valence-corrected chi connectivity index (χ2v) is 7.59. The van der Waals surface area contributed by atoms with Gasteiger partial charge in [-0.05, 0) is 38.0 Å². The van der Waals surface area contributed by atoms with E-state index in [1.54, 1.807) is 15.6 Å². The highest BCUT2D eigenvalue weighted by Gasteiger charge is 2.26. The van der Waals surface area contributed by atoms with Crippen molar-refractivity contribution < 1.29 is 14.3 Å². The van der Waals surface area contributed by atoms with E-state index >= 15 is 0 Å². The zero-order valence-electron chi connectivity index (χ0n) is 17.6. The van der Waals surface area contributed by atoms with E-state index in [1.807, 2.05) is 45.9 Å². The number of rotatable bonds is 6. The van der Waals surface area contributed by atoms with Gasteiger partial charge in [0.1, 0.15) is 12.1 Å². The normalized spacial score (nSPS) is 12.2. The van der Waals surface area contributed by atoms with Crippen molar-refractivity contribution in [1.82, 2.24) is 24.9 Å². The summed E-state index contributed by atoms with van der Waals surface area (Å²) >= 11 is 0. The number of benzene rings is 1. The van der Waals surface area contributed by atoms with Crippen molar-refractivity contribution in [3.8, 4) is 11.8 Å². The average Bonchev–Trinajstić information content (AvgIpc) is 3.35. The minimum Gasteiger partial charge on any atom is -0.467 e. The topological polar surface area (TPSA) is 115 Å². The van der Waals surface area contributed by atoms with Gasteiger partial charge < -0.3 is 10.1 Å². The molecule has 0 bridgehead atoms. The van der Waals surface area contributed by atoms with Gasteiger partial charge in [0, 0.05) is 17.6 Å². The molecule has 30 heavy (non-hydrogen) atoms. The van der Waals surface area contributed by atoms with Gasteiger partial charge >= 0.3 is 5.97 Å². The van der Waals surface area contributed by atoms with E-state index in [1.165, 1.54) is 13.3 Å². The maximum Gasteiger partial charge on any atom is 0.328 e. The van der Waals surface area contributed by atoms with Gasteiger partial charge in [0.15, 0.2) is 5.69 Å². The molecule has 0 aliphatic rings. The number of aromatic nitrogens is 4. The fraction of sp³-hybridized carbons (Fsp3) is 0.381. The first kappa shape index (κ1) is 21.0. The fourth-order valence-electron chi connectivity index (χ4n) is 3.18. The van der Waals surface area contributed by atoms with E-state index < -0.39 is 17.9 Å². The molecule has 3 aromatic rings. The Kier molecular flexibility index (Phi) is 5.87. The number of amides is 1. The Balaban J connectivity index is 1.90. The molecule has 0 unspecified atom stereocenters. The van der Waals surface area contributed by atoms with E-state index in [0.29, 0.717) is 16.9 Å². The third-order valence-corrected chi connectivity index (χ3v) is 4.80. The number of ether oxygens (including phenoxy) is 1. The summed E-state index contributed by atoms with van der Waals surface area (Å²) in [6.45, 7) is 7.65. The molecule has 9 nitrogen and oxygen atoms in total. The van der Waals surface area contributed by atoms with E-state index in [-0.39, 0.29) is 12.0 Å². The molecule has 156 valence electrons. The van der Waals surface area contributed by atoms with Gasteiger partial charge in [-0.2, -0.15) is 15.5 Å². The Morgan fingerprint density at radius 1 is 1.23 bits per heavy atom. The van der Waals surface area contributed by atoms with Crippen molar-refractivity contribution in [1.29, 1.82) is 5.26 Å². The summed E-state index contributed by atoms with van der Waals surface area (Å²) in [5, 5.41) is 21.5. The zero-order chi connectivity index (χ0) is 22.0. The number of carbonyl (C=O) groups is 2. The molecule has 0 radical (unpaired) electrons. The number of hydrogen-bond donors (Lipinski definition) is 1. The smallest absolute Gasteiger partial charge is 0.328 e. The molecule has 2 heterocycles. The van der Waals surface area contributed by atoms with Crippen molar-refractivity contribution in [2.24, 2.45) is 5.92 Å². The molecular weight excluding hydrogens is 384 g/mol. The van der Waals surface area contributed by atoms with Crippen LogP contribution in [0.4, 0.5) is 0 Å². The van der Waals surface area contributed by atoms with Crippen molar-refractivity contribution in [2.75, 3.05) is 7.11 Å². The number of nitrogens with zero attached hydrogens (tertiary/aromatic N) is 5. The summed E-state index contributed by atoms with van der Waals surface area (Å²) in [6.07, 6.45) is 3.00. The number of esters is 1. The Morgan fingerprint density at radius 3 is 2.57 bits per heavy atom. The van der Waals surface area contributed by atoms with Crippen LogP contribution in [0, 0.1) is 17.2 Å². The van der Waals surface area contributed by atoms with Crippen LogP contribution >= 0.6 is 0 Å². The van der Waals surface area contributed by atoms with Crippen LogP contribution in [0.3, 0.4) is 0 Å². The first-order valence-corrected chi connectivity index (χ1v) is 9.63. The molecule has 0 aliphatic carbocycles. The largest absolute Gasteiger partial charge is 0.467 e. The van der Waals surface area contributed by atoms with Crippen LogP contribution < -0.4 is 5.32 Å². The Hall–Kier alpha value is -3.67. The summed E-state index contributed by atoms with van der Waals surface area (Å²) < 4.78 is 8.11. The van der Waals surface area contributed by atoms with Crippen LogP contribution in [0.15, 0.2) is 30.6 Å². The molecule has 1 N–H and O–H groups in total. The number of methoxy groups -OCH3 is 1. The SMILES string of the molecule is COC(=O)[C@@H](NC(=O)c1cnn(-c2ccc3c(c2)c(C#N)nn3C(C)C)c1)C(C)C. The molecule has 0 saturated heterocycles. The van der Waals surface area contributed by atoms with Crippen molar-refractivity contribution in [2.45, 2.75) is 39.8 Å². The highest BCUT2D eigenvalue weighted by molar-refractivity contribution is 5.96. The van der Waals surface area contributed by atoms with Gasteiger partial charge in [0.25, 0.3) is 5.91 Å². The quantitative estimate of drug-likeness (QED) is 0.627. The van der Waals surface area contributed by atoms with Gasteiger partial charge in [-0.25, -0.2) is 9.48 Å². The first-order valence-electron chi connectivity index (χ1n) is 9.63. The van der Waals surface area contributed by atoms with Gasteiger partial charge in [0.2, 0.25) is 0 Å². The van der Waals surface area contributed by atoms with Gasteiger partial charge in [0.05, 0.1) is 30.1 Å². The predicted octanol–water partition coefficient (Wildman–Crippen LogP) is 2.60. The Bertz CT molecular complexity index is 1140. The lowest BCUT2D eigenvalue weighted by Gasteiger charge is -2.19. The lowest BCUT2D eigenvalue weighted by Crippen LogP contribution is -2.44. The van der Waals surface area contributed by atoms with Crippen LogP contribution in [0.5, 0.6) is 0 Å². The Morgan fingerprint density at radius 2 is 1.97 bits per heavy atom. The van der Waals surface area contributed by atoms with Gasteiger partial charge in [-0.15, -0.1) is 0 Å². The summed E-state index contributed by atoms with van der Waals surface area (Å²) in [6, 6.07) is 7.04. The number of carbonyl (C=O) groups excluding carboxylic acids is 2. The second kappa shape index (κ2) is 8.37. The molecule has 1 amide bonds. The van der Waals surface area contributed by atoms with E-state index in [0.717, 1.165) is 10.9 Å². The lowest BCUT2D eigenvalue weighted by molar-refractivity contribution is -0.144. The summed E-state index contributed by atoms with van der Waals surface area (Å²) in [5.41, 5.74) is 2.19. The molecule has 0 aliphatic heterocycles. The van der Waals surface area contributed by atoms with Gasteiger partial charge in [-0.3, -0.25) is 9.48 Å². The van der Waals surface area contributed by atoms with Crippen molar-refractivity contribution >= 4 is 22.8 Å². The standard InChI is InChI=1S/C21H24N6O3/c1-12(2)19(21(29)30-5)24-20(28)14-10-23-26(11-14)15-6-7-18-16(8-15)17(9-22)25-27(18)13(3)4/h6-8,10-13,19H,1-5H3,(H,24,28)/t19-/m0/s1. The minimum atomic E-state index is -0.748. The molecule has 0 fully saturated rings. The van der Waals surface area contributed by atoms with Crippen LogP contribution in [0.2, 0.25) is 0 Å². The van der Waals surface area contributed by atoms with E-state index in [2.05, 4.69) is 21.6 Å². The molecule has 0 saturated carbocycles. The van der Waals surface area contributed by atoms with Crippen LogP contribution in [0.1, 0.15) is 49.8 Å². The maximum absolute atomic E-state index is 12.6. The fourth-order valence-corrected chi connectivity index (χ4v) is 3.18. The third kappa shape index (κ3) is 3.89. The van der Waals surface area contributed by atoms with Crippen LogP contribution in [-0.4, -0.2) is 44.6 Å². The highest BCUT2D eigenvalue weighted by atomic mass is 16.5. The second-order valence-electron chi connectivity index (χ2n) is 7.59. The van der Waals surface area contributed by atoms with Crippen LogP contribution in [-0.2, 0) is 9.53 Å². The minimum absolute atomic E-state index is 0.115. The number of nitrogens with one attached hydrogen (secondary N) is 1. The van der Waals surface area contributed by atoms with Crippen molar-refractivity contribution in [3.05, 3.63) is 41.9 Å². The lowest BCUT2D eigenvalue weighted by atomic mass is 10.0. The first-order chi connectivity index (χ1) is 14.3. The number of fused-ring (bicyclic) bond motifs is 1. The molecular formula is C21H24N6O3. The summed E-state index contributed by atoms with van der Waals surface area (Å²) in [5.74, 6) is -1.04. The molecule has 1 atom stereocenters. The highest BCUT2D eigenvalue weighted by Crippen LogP contribution is 2.24. The van der Waals surface area contributed by atoms with Crippen molar-refractivity contribution in [3.63, 3.8) is 0 Å². The van der Waals surface area contributed by atoms with E-state index in [9.17, 15) is 14.9 Å². The maximum atomic E-state index is 12.6. The zero-order valence-corrected chi connectivity index (χ0v) is 17.6. The molecule has 9 heteroatoms. The molecule has 2 aromatic heterocycles. The molecule has 0 spiro atoms. The third-order valence-electron chi connectivity index (χ3n) is 4.80.